The van der Waals surface area contributed by atoms with E-state index in [1.807, 2.05) is 27.7 Å². The van der Waals surface area contributed by atoms with E-state index in [-0.39, 0.29) is 80.1 Å². The van der Waals surface area contributed by atoms with Crippen LogP contribution in [0.2, 0.25) is 0 Å². The van der Waals surface area contributed by atoms with Crippen LogP contribution in [0.3, 0.4) is 0 Å². The van der Waals surface area contributed by atoms with E-state index in [4.69, 9.17) is 9.47 Å². The van der Waals surface area contributed by atoms with Gasteiger partial charge in [0.05, 0.1) is 46.8 Å². The number of nitrogens with zero attached hydrogens (tertiary/aromatic N) is 4. The largest absolute Gasteiger partial charge is 0.494 e. The van der Waals surface area contributed by atoms with Gasteiger partial charge in [-0.05, 0) is 126 Å². The molecular formula is C56H68N12O12S2+2. The van der Waals surface area contributed by atoms with Crippen molar-refractivity contribution in [3.63, 3.8) is 0 Å². The summed E-state index contributed by atoms with van der Waals surface area (Å²) >= 11 is 0. The van der Waals surface area contributed by atoms with Crippen LogP contribution in [0.4, 0.5) is 34.1 Å². The maximum atomic E-state index is 13.8. The van der Waals surface area contributed by atoms with E-state index in [2.05, 4.69) is 41.8 Å². The highest BCUT2D eigenvalue weighted by molar-refractivity contribution is 7.93. The Bertz CT molecular complexity index is 3410. The van der Waals surface area contributed by atoms with Crippen LogP contribution in [0.5, 0.6) is 11.5 Å². The topological polar surface area (TPSA) is 300 Å². The molecule has 6 aromatic rings. The number of pyridine rings is 2. The third kappa shape index (κ3) is 15.1. The fourth-order valence-electron chi connectivity index (χ4n) is 8.69. The number of methoxy groups -OCH3 is 2. The molecule has 24 nitrogen and oxygen atoms in total. The molecule has 2 aromatic heterocycles. The summed E-state index contributed by atoms with van der Waals surface area (Å²) in [4.78, 5) is 81.3. The number of sulfonamides is 2. The Morgan fingerprint density at radius 2 is 0.878 bits per heavy atom. The van der Waals surface area contributed by atoms with Crippen molar-refractivity contribution in [1.82, 2.24) is 20.7 Å². The number of rotatable bonds is 24. The Kier molecular flexibility index (Phi) is 20.6. The summed E-state index contributed by atoms with van der Waals surface area (Å²) < 4.78 is 74.4. The van der Waals surface area contributed by atoms with Gasteiger partial charge >= 0.3 is 11.8 Å². The Morgan fingerprint density at radius 3 is 1.22 bits per heavy atom. The lowest BCUT2D eigenvalue weighted by Gasteiger charge is -2.18. The monoisotopic (exact) mass is 1160 g/mol. The fourth-order valence-corrected chi connectivity index (χ4v) is 11.3. The number of hydrogen-bond acceptors (Lipinski definition) is 14. The molecule has 0 radical (unpaired) electrons. The number of nitrogens with one attached hydrogen (secondary N) is 8. The summed E-state index contributed by atoms with van der Waals surface area (Å²) in [5.74, 6) is -3.44. The summed E-state index contributed by atoms with van der Waals surface area (Å²) in [5, 5.41) is 5.65. The lowest BCUT2D eigenvalue weighted by atomic mass is 10.1. The molecule has 0 aliphatic rings. The summed E-state index contributed by atoms with van der Waals surface area (Å²) in [6.07, 6.45) is 6.48. The Labute approximate surface area is 476 Å². The van der Waals surface area contributed by atoms with Crippen molar-refractivity contribution in [3.05, 3.63) is 143 Å². The van der Waals surface area contributed by atoms with Crippen molar-refractivity contribution in [2.45, 2.75) is 78.3 Å². The zero-order chi connectivity index (χ0) is 60.1. The quantitative estimate of drug-likeness (QED) is 0.0226. The van der Waals surface area contributed by atoms with Crippen LogP contribution in [0.1, 0.15) is 70.7 Å². The van der Waals surface area contributed by atoms with Crippen LogP contribution in [0.15, 0.2) is 120 Å². The van der Waals surface area contributed by atoms with Crippen LogP contribution >= 0.6 is 0 Å². The minimum Gasteiger partial charge on any atom is -0.494 e. The molecule has 0 atom stereocenters. The Balaban J connectivity index is 1.03. The highest BCUT2D eigenvalue weighted by Crippen LogP contribution is 2.34. The van der Waals surface area contributed by atoms with Crippen molar-refractivity contribution in [2.24, 2.45) is 0 Å². The molecule has 0 unspecified atom stereocenters. The third-order valence-corrected chi connectivity index (χ3v) is 16.1. The first kappa shape index (κ1) is 61.9. The van der Waals surface area contributed by atoms with E-state index in [0.717, 1.165) is 0 Å². The number of amides is 6. The average Bonchev–Trinajstić information content (AvgIpc) is 3.60. The summed E-state index contributed by atoms with van der Waals surface area (Å²) in [5.41, 5.74) is 13.2. The van der Waals surface area contributed by atoms with E-state index >= 15 is 0 Å². The first-order valence-corrected chi connectivity index (χ1v) is 28.8. The number of benzene rings is 4. The van der Waals surface area contributed by atoms with Gasteiger partial charge in [0.15, 0.2) is 24.8 Å². The Morgan fingerprint density at radius 1 is 0.512 bits per heavy atom. The first-order valence-electron chi connectivity index (χ1n) is 25.9. The van der Waals surface area contributed by atoms with Crippen LogP contribution in [0, 0.1) is 27.7 Å². The number of anilines is 6. The molecule has 0 fully saturated rings. The van der Waals surface area contributed by atoms with Gasteiger partial charge in [0.1, 0.15) is 22.6 Å². The maximum Gasteiger partial charge on any atom is 0.329 e. The molecule has 2 heterocycles. The molecule has 0 bridgehead atoms. The van der Waals surface area contributed by atoms with Crippen molar-refractivity contribution in [1.29, 1.82) is 0 Å². The predicted molar refractivity (Wildman–Crippen MR) is 308 cm³/mol. The van der Waals surface area contributed by atoms with Crippen molar-refractivity contribution in [2.75, 3.05) is 71.3 Å². The van der Waals surface area contributed by atoms with E-state index in [9.17, 15) is 45.6 Å². The van der Waals surface area contributed by atoms with E-state index < -0.39 is 43.7 Å². The molecule has 434 valence electrons. The minimum atomic E-state index is -4.27. The van der Waals surface area contributed by atoms with Gasteiger partial charge in [-0.1, -0.05) is 12.1 Å². The van der Waals surface area contributed by atoms with Gasteiger partial charge < -0.3 is 29.9 Å². The standard InChI is InChI=1S/C56H66N12O12S2/c1-11-67(12-2)55(73)39-17-15-27-65(31-39)33-49(69)57-51-35(5)19-25-47(37(51)7)81(75,76)63-41-21-23-43(45(29-41)79-9)59-61-53(71)54(72)62-60-44-24-22-42(30-46(44)80-10)64-82(77,78)48-26-20-36(6)52(38(48)8)58-50(70)34-66-28-16-18-40(32-66)56(74)68(13-3)14-4/h15-32H,11-14,33-34H2,1-10H3,(H6-2,57,58,59,60,61,62,63,64,69,70,71,72)/p+2. The second kappa shape index (κ2) is 27.2. The fraction of sp³-hybridized carbons (Fsp3) is 0.286. The summed E-state index contributed by atoms with van der Waals surface area (Å²) in [7, 11) is -5.93. The van der Waals surface area contributed by atoms with Gasteiger partial charge in [-0.25, -0.2) is 16.8 Å². The van der Waals surface area contributed by atoms with Crippen LogP contribution in [-0.4, -0.2) is 102 Å². The van der Waals surface area contributed by atoms with Crippen LogP contribution < -0.4 is 60.4 Å². The predicted octanol–water partition coefficient (Wildman–Crippen LogP) is 4.94. The molecule has 0 spiro atoms. The molecule has 4 aromatic carbocycles. The highest BCUT2D eigenvalue weighted by atomic mass is 32.2. The summed E-state index contributed by atoms with van der Waals surface area (Å²) in [6.45, 7) is 15.9. The molecular weight excluding hydrogens is 1100 g/mol. The minimum absolute atomic E-state index is 0.0663. The molecule has 6 amide bonds. The maximum absolute atomic E-state index is 13.8. The second-order valence-corrected chi connectivity index (χ2v) is 21.8. The number of aromatic nitrogens is 2. The van der Waals surface area contributed by atoms with Gasteiger partial charge in [0.25, 0.3) is 43.7 Å². The molecule has 82 heavy (non-hydrogen) atoms. The highest BCUT2D eigenvalue weighted by Gasteiger charge is 2.26. The van der Waals surface area contributed by atoms with Gasteiger partial charge in [0.2, 0.25) is 13.1 Å². The van der Waals surface area contributed by atoms with E-state index in [1.165, 1.54) is 62.8 Å². The number of ether oxygens (including phenoxy) is 2. The van der Waals surface area contributed by atoms with Gasteiger partial charge in [-0.2, -0.15) is 9.13 Å². The summed E-state index contributed by atoms with van der Waals surface area (Å²) in [6, 6.07) is 20.9. The molecule has 6 rings (SSSR count). The third-order valence-electron chi connectivity index (χ3n) is 13.1. The lowest BCUT2D eigenvalue weighted by molar-refractivity contribution is -0.684. The van der Waals surface area contributed by atoms with Gasteiger partial charge in [-0.15, -0.1) is 0 Å². The number of hydrazine groups is 2. The smallest absolute Gasteiger partial charge is 0.329 e. The lowest BCUT2D eigenvalue weighted by Crippen LogP contribution is -2.44. The SMILES string of the molecule is CCN(CC)C(=O)c1ccc[n+](CC(=O)Nc2c(C)ccc(S(=O)(=O)Nc3ccc(NNC(=O)C(=O)NNc4ccc(NS(=O)(=O)c5ccc(C)c(NC(=O)C[n+]6cccc(C(=O)N(CC)CC)c6)c5C)cc4OC)c(OC)c3)c2C)c1. The second-order valence-electron chi connectivity index (χ2n) is 18.5. The van der Waals surface area contributed by atoms with E-state index in [1.54, 1.807) is 108 Å². The van der Waals surface area contributed by atoms with E-state index in [0.29, 0.717) is 59.8 Å². The number of carbonyl (C=O) groups is 6. The van der Waals surface area contributed by atoms with Gasteiger partial charge in [0, 0.05) is 61.8 Å². The zero-order valence-electron chi connectivity index (χ0n) is 47.1. The molecule has 26 heteroatoms. The molecule has 0 aliphatic carbocycles. The Hall–Kier alpha value is -9.30. The number of carbonyl (C=O) groups excluding carboxylic acids is 6. The van der Waals surface area contributed by atoms with Gasteiger partial charge in [-0.3, -0.25) is 59.9 Å². The molecule has 0 aliphatic heterocycles. The van der Waals surface area contributed by atoms with Crippen molar-refractivity contribution in [3.8, 4) is 11.5 Å². The number of aryl methyl sites for hydroxylation is 2. The first-order chi connectivity index (χ1) is 39.0. The normalized spacial score (nSPS) is 11.1. The van der Waals surface area contributed by atoms with Crippen LogP contribution in [0.25, 0.3) is 0 Å². The van der Waals surface area contributed by atoms with Crippen LogP contribution in [-0.2, 0) is 52.3 Å². The molecule has 0 saturated heterocycles. The van der Waals surface area contributed by atoms with Crippen molar-refractivity contribution < 1.29 is 64.2 Å². The van der Waals surface area contributed by atoms with Crippen molar-refractivity contribution >= 4 is 89.6 Å². The molecule has 8 N–H and O–H groups in total. The zero-order valence-corrected chi connectivity index (χ0v) is 48.8. The number of hydrogen-bond donors (Lipinski definition) is 8. The average molecular weight is 1170 g/mol. The molecule has 0 saturated carbocycles.